The number of benzene rings is 5. The summed E-state index contributed by atoms with van der Waals surface area (Å²) in [6, 6.07) is 42.8. The summed E-state index contributed by atoms with van der Waals surface area (Å²) in [6.07, 6.45) is 11.3. The molecular weight excluding hydrogens is 774 g/mol. The number of hydrogen-bond acceptors (Lipinski definition) is 4. The summed E-state index contributed by atoms with van der Waals surface area (Å²) in [4.78, 5) is 13.7. The first-order valence-electron chi connectivity index (χ1n) is 15.4. The molecule has 0 spiro atoms. The van der Waals surface area contributed by atoms with Crippen LogP contribution < -0.4 is 4.74 Å². The van der Waals surface area contributed by atoms with E-state index >= 15 is 0 Å². The van der Waals surface area contributed by atoms with Gasteiger partial charge in [0.05, 0.1) is 16.8 Å². The maximum Gasteiger partial charge on any atom is 2.00 e. The van der Waals surface area contributed by atoms with Gasteiger partial charge in [-0.1, -0.05) is 113 Å². The van der Waals surface area contributed by atoms with Gasteiger partial charge in [-0.3, -0.25) is 15.0 Å². The van der Waals surface area contributed by atoms with E-state index in [4.69, 9.17) is 9.72 Å². The Morgan fingerprint density at radius 2 is 1.17 bits per heavy atom. The van der Waals surface area contributed by atoms with E-state index in [0.717, 1.165) is 60.2 Å². The summed E-state index contributed by atoms with van der Waals surface area (Å²) in [7, 11) is 0. The maximum atomic E-state index is 6.48. The van der Waals surface area contributed by atoms with Gasteiger partial charge in [0.15, 0.2) is 0 Å². The number of aromatic nitrogens is 5. The second-order valence-electron chi connectivity index (χ2n) is 11.6. The molecule has 0 bridgehead atoms. The van der Waals surface area contributed by atoms with Crippen LogP contribution >= 0.6 is 0 Å². The third-order valence-electron chi connectivity index (χ3n) is 9.00. The normalized spacial score (nSPS) is 11.6. The maximum absolute atomic E-state index is 6.48. The molecule has 0 unspecified atom stereocenters. The molecule has 0 saturated carbocycles. The van der Waals surface area contributed by atoms with Crippen LogP contribution in [-0.2, 0) is 21.1 Å². The summed E-state index contributed by atoms with van der Waals surface area (Å²) in [5.41, 5.74) is 8.37. The molecular formula is C41H23N5OPt. The van der Waals surface area contributed by atoms with Crippen molar-refractivity contribution in [3.8, 4) is 33.8 Å². The molecule has 228 valence electrons. The number of hydrogen-bond donors (Lipinski definition) is 0. The first-order valence-corrected chi connectivity index (χ1v) is 15.4. The third-order valence-corrected chi connectivity index (χ3v) is 9.00. The molecule has 0 amide bonds. The number of rotatable bonds is 4. The smallest absolute Gasteiger partial charge is 0.497 e. The molecule has 0 aliphatic rings. The van der Waals surface area contributed by atoms with E-state index in [1.54, 1.807) is 6.20 Å². The Morgan fingerprint density at radius 1 is 0.542 bits per heavy atom. The van der Waals surface area contributed by atoms with Gasteiger partial charge in [0.2, 0.25) is 0 Å². The van der Waals surface area contributed by atoms with Crippen molar-refractivity contribution in [2.75, 3.05) is 0 Å². The van der Waals surface area contributed by atoms with E-state index in [9.17, 15) is 0 Å². The van der Waals surface area contributed by atoms with Crippen LogP contribution in [0.1, 0.15) is 0 Å². The molecule has 10 rings (SSSR count). The minimum atomic E-state index is 0. The molecule has 5 aromatic carbocycles. The van der Waals surface area contributed by atoms with Crippen molar-refractivity contribution in [1.29, 1.82) is 0 Å². The number of ether oxygens (including phenoxy) is 1. The molecule has 0 saturated heterocycles. The van der Waals surface area contributed by atoms with Crippen molar-refractivity contribution in [2.45, 2.75) is 0 Å². The summed E-state index contributed by atoms with van der Waals surface area (Å²) in [5, 5.41) is 6.10. The predicted octanol–water partition coefficient (Wildman–Crippen LogP) is 9.71. The topological polar surface area (TPSA) is 56.7 Å². The van der Waals surface area contributed by atoms with Gasteiger partial charge < -0.3 is 13.5 Å². The van der Waals surface area contributed by atoms with E-state index in [0.29, 0.717) is 11.5 Å². The summed E-state index contributed by atoms with van der Waals surface area (Å²) in [6.45, 7) is 0. The molecule has 0 aliphatic carbocycles. The second-order valence-corrected chi connectivity index (χ2v) is 11.6. The van der Waals surface area contributed by atoms with Crippen LogP contribution in [0, 0.1) is 12.1 Å². The third kappa shape index (κ3) is 4.26. The predicted molar refractivity (Wildman–Crippen MR) is 187 cm³/mol. The van der Waals surface area contributed by atoms with E-state index in [-0.39, 0.29) is 21.1 Å². The molecule has 5 heterocycles. The second kappa shape index (κ2) is 11.1. The van der Waals surface area contributed by atoms with Crippen LogP contribution in [0.3, 0.4) is 0 Å². The standard InChI is InChI=1S/C41H23N5O.Pt/c1-3-7-26(8-4-1)30-15-16-36-39(38(30)27-9-5-2-6-10-27)33-14-12-29(24-35(33)41-44-19-21-45(36)41)47-28-11-13-31-32-17-18-42-25-37(32)46-22-20-43-40(46)34(31)23-28;/h1-22,25H;/q-2;+2. The van der Waals surface area contributed by atoms with Crippen molar-refractivity contribution in [1.82, 2.24) is 23.8 Å². The van der Waals surface area contributed by atoms with Crippen molar-refractivity contribution in [2.24, 2.45) is 0 Å². The minimum absolute atomic E-state index is 0. The van der Waals surface area contributed by atoms with Crippen LogP contribution in [-0.4, -0.2) is 23.8 Å². The van der Waals surface area contributed by atoms with E-state index in [1.165, 1.54) is 16.7 Å². The Bertz CT molecular complexity index is 2830. The Kier molecular flexibility index (Phi) is 6.59. The van der Waals surface area contributed by atoms with Crippen LogP contribution in [0.4, 0.5) is 0 Å². The zero-order valence-corrected chi connectivity index (χ0v) is 27.5. The van der Waals surface area contributed by atoms with Gasteiger partial charge in [-0.15, -0.1) is 12.1 Å². The number of nitrogens with zero attached hydrogens (tertiary/aromatic N) is 5. The fourth-order valence-corrected chi connectivity index (χ4v) is 6.97. The summed E-state index contributed by atoms with van der Waals surface area (Å²) in [5.74, 6) is 1.17. The molecule has 10 aromatic rings. The number of pyridine rings is 3. The average Bonchev–Trinajstić information content (AvgIpc) is 3.84. The van der Waals surface area contributed by atoms with Crippen LogP contribution in [0.25, 0.3) is 76.9 Å². The van der Waals surface area contributed by atoms with Gasteiger partial charge in [-0.25, -0.2) is 0 Å². The largest absolute Gasteiger partial charge is 2.00 e. The van der Waals surface area contributed by atoms with Crippen LogP contribution in [0.15, 0.2) is 140 Å². The van der Waals surface area contributed by atoms with Crippen molar-refractivity contribution in [3.05, 3.63) is 152 Å². The van der Waals surface area contributed by atoms with Crippen molar-refractivity contribution in [3.63, 3.8) is 0 Å². The van der Waals surface area contributed by atoms with Gasteiger partial charge in [-0.05, 0) is 45.2 Å². The Labute approximate surface area is 289 Å². The van der Waals surface area contributed by atoms with E-state index < -0.39 is 0 Å². The zero-order valence-electron chi connectivity index (χ0n) is 25.2. The van der Waals surface area contributed by atoms with Gasteiger partial charge in [0.1, 0.15) is 0 Å². The van der Waals surface area contributed by atoms with Crippen LogP contribution in [0.5, 0.6) is 11.5 Å². The molecule has 0 aliphatic heterocycles. The van der Waals surface area contributed by atoms with Crippen molar-refractivity contribution < 1.29 is 25.8 Å². The van der Waals surface area contributed by atoms with Gasteiger partial charge >= 0.3 is 21.1 Å². The van der Waals surface area contributed by atoms with Gasteiger partial charge in [0, 0.05) is 54.2 Å². The number of fused-ring (bicyclic) bond motifs is 12. The molecule has 0 N–H and O–H groups in total. The molecule has 0 radical (unpaired) electrons. The first kappa shape index (κ1) is 28.4. The molecule has 48 heavy (non-hydrogen) atoms. The monoisotopic (exact) mass is 796 g/mol. The molecule has 0 fully saturated rings. The first-order chi connectivity index (χ1) is 23.3. The van der Waals surface area contributed by atoms with Gasteiger partial charge in [-0.2, -0.15) is 0 Å². The average molecular weight is 797 g/mol. The molecule has 6 nitrogen and oxygen atoms in total. The SMILES string of the molecule is [Pt+2].[c-]1c(Oc2[c-]c3c(cc2)c2c(-c4ccccc4)c(-c4ccccc4)ccc2n2ccnc32)ccc2c1c1nccn1c1cnccc21. The fourth-order valence-electron chi connectivity index (χ4n) is 6.97. The molecule has 7 heteroatoms. The van der Waals surface area contributed by atoms with Gasteiger partial charge in [0.25, 0.3) is 0 Å². The molecule has 0 atom stereocenters. The Hall–Kier alpha value is -5.84. The quantitative estimate of drug-likeness (QED) is 0.132. The summed E-state index contributed by atoms with van der Waals surface area (Å²) < 4.78 is 10.7. The molecule has 5 aromatic heterocycles. The Morgan fingerprint density at radius 3 is 1.88 bits per heavy atom. The Balaban J connectivity index is 0.00000314. The fraction of sp³-hybridized carbons (Fsp3) is 0. The minimum Gasteiger partial charge on any atom is -0.497 e. The summed E-state index contributed by atoms with van der Waals surface area (Å²) >= 11 is 0. The number of imidazole rings is 2. The zero-order chi connectivity index (χ0) is 30.9. The van der Waals surface area contributed by atoms with E-state index in [2.05, 4.69) is 111 Å². The van der Waals surface area contributed by atoms with Crippen LogP contribution in [0.2, 0.25) is 0 Å². The van der Waals surface area contributed by atoms with E-state index in [1.807, 2.05) is 53.6 Å². The van der Waals surface area contributed by atoms with Crippen molar-refractivity contribution >= 4 is 54.6 Å².